The van der Waals surface area contributed by atoms with Crippen molar-refractivity contribution in [2.45, 2.75) is 38.8 Å². The van der Waals surface area contributed by atoms with Gasteiger partial charge in [0, 0.05) is 25.6 Å². The van der Waals surface area contributed by atoms with Crippen molar-refractivity contribution in [1.29, 1.82) is 0 Å². The fourth-order valence-corrected chi connectivity index (χ4v) is 2.96. The van der Waals surface area contributed by atoms with Crippen LogP contribution in [0.1, 0.15) is 48.3 Å². The van der Waals surface area contributed by atoms with Crippen LogP contribution in [0.2, 0.25) is 0 Å². The molecule has 2 atom stereocenters. The highest BCUT2D eigenvalue weighted by Crippen LogP contribution is 2.53. The molecule has 0 spiro atoms. The lowest BCUT2D eigenvalue weighted by atomic mass is 9.55. The monoisotopic (exact) mass is 295 g/mol. The zero-order valence-electron chi connectivity index (χ0n) is 13.0. The van der Waals surface area contributed by atoms with E-state index in [1.165, 1.54) is 12.1 Å². The maximum atomic E-state index is 12.4. The molecule has 0 saturated heterocycles. The second kappa shape index (κ2) is 4.87. The van der Waals surface area contributed by atoms with Crippen molar-refractivity contribution in [2.75, 3.05) is 14.2 Å². The highest BCUT2D eigenvalue weighted by molar-refractivity contribution is 5.93. The molecule has 116 valence electrons. The minimum atomic E-state index is -1.19. The van der Waals surface area contributed by atoms with Crippen molar-refractivity contribution >= 4 is 11.9 Å². The number of carboxylic acid groups (broad SMARTS) is 1. The molecule has 0 aliphatic heterocycles. The maximum absolute atomic E-state index is 12.4. The number of nitrogens with zero attached hydrogens (tertiary/aromatic N) is 1. The van der Waals surface area contributed by atoms with E-state index < -0.39 is 5.97 Å². The van der Waals surface area contributed by atoms with Crippen LogP contribution in [0, 0.1) is 5.41 Å². The Kier molecular flexibility index (Phi) is 3.61. The van der Waals surface area contributed by atoms with E-state index >= 15 is 0 Å². The standard InChI is InChI=1S/C15H21NO5/c1-14(2)11(8-15(14,3)20-5)16(4)12(17)9-6-7-10(21-9)13(18)19/h6-7,11H,8H2,1-5H3,(H,18,19)/t11-,15+/m0/s1. The predicted octanol–water partition coefficient (Wildman–Crippen LogP) is 2.25. The normalized spacial score (nSPS) is 27.0. The van der Waals surface area contributed by atoms with Gasteiger partial charge in [-0.1, -0.05) is 13.8 Å². The summed E-state index contributed by atoms with van der Waals surface area (Å²) < 4.78 is 10.6. The summed E-state index contributed by atoms with van der Waals surface area (Å²) in [6.45, 7) is 6.13. The topological polar surface area (TPSA) is 80.0 Å². The van der Waals surface area contributed by atoms with E-state index in [-0.39, 0.29) is 34.5 Å². The molecule has 1 aromatic heterocycles. The van der Waals surface area contributed by atoms with Crippen LogP contribution in [0.5, 0.6) is 0 Å². The number of furan rings is 1. The number of carbonyl (C=O) groups is 2. The van der Waals surface area contributed by atoms with E-state index in [0.29, 0.717) is 0 Å². The van der Waals surface area contributed by atoms with Crippen LogP contribution < -0.4 is 0 Å². The molecule has 1 aliphatic carbocycles. The summed E-state index contributed by atoms with van der Waals surface area (Å²) in [5.41, 5.74) is -0.476. The maximum Gasteiger partial charge on any atom is 0.371 e. The first-order chi connectivity index (χ1) is 9.64. The van der Waals surface area contributed by atoms with Gasteiger partial charge in [0.1, 0.15) is 0 Å². The Balaban J connectivity index is 2.15. The average molecular weight is 295 g/mol. The third kappa shape index (κ3) is 2.23. The molecule has 21 heavy (non-hydrogen) atoms. The number of methoxy groups -OCH3 is 1. The molecule has 0 bridgehead atoms. The SMILES string of the molecule is CO[C@]1(C)C[C@H](N(C)C(=O)c2ccc(C(=O)O)o2)C1(C)C. The zero-order chi connectivity index (χ0) is 16.0. The van der Waals surface area contributed by atoms with Crippen molar-refractivity contribution in [2.24, 2.45) is 5.41 Å². The van der Waals surface area contributed by atoms with Gasteiger partial charge in [-0.15, -0.1) is 0 Å². The third-order valence-electron chi connectivity index (χ3n) is 5.04. The molecule has 0 aromatic carbocycles. The van der Waals surface area contributed by atoms with E-state index in [9.17, 15) is 9.59 Å². The Hall–Kier alpha value is -1.82. The Morgan fingerprint density at radius 1 is 1.33 bits per heavy atom. The number of hydrogen-bond acceptors (Lipinski definition) is 4. The van der Waals surface area contributed by atoms with Gasteiger partial charge < -0.3 is 19.2 Å². The van der Waals surface area contributed by atoms with Gasteiger partial charge in [-0.3, -0.25) is 4.79 Å². The highest BCUT2D eigenvalue weighted by Gasteiger charge is 2.60. The smallest absolute Gasteiger partial charge is 0.371 e. The number of aromatic carboxylic acids is 1. The summed E-state index contributed by atoms with van der Waals surface area (Å²) in [6.07, 6.45) is 0.727. The first kappa shape index (κ1) is 15.6. The first-order valence-corrected chi connectivity index (χ1v) is 6.79. The molecule has 1 N–H and O–H groups in total. The van der Waals surface area contributed by atoms with Crippen molar-refractivity contribution in [3.8, 4) is 0 Å². The molecule has 1 aliphatic rings. The van der Waals surface area contributed by atoms with Crippen LogP contribution in [0.15, 0.2) is 16.5 Å². The fourth-order valence-electron chi connectivity index (χ4n) is 2.96. The molecule has 0 radical (unpaired) electrons. The fraction of sp³-hybridized carbons (Fsp3) is 0.600. The zero-order valence-corrected chi connectivity index (χ0v) is 13.0. The molecule has 1 saturated carbocycles. The van der Waals surface area contributed by atoms with Gasteiger partial charge >= 0.3 is 5.97 Å². The predicted molar refractivity (Wildman–Crippen MR) is 75.4 cm³/mol. The van der Waals surface area contributed by atoms with Crippen molar-refractivity contribution < 1.29 is 23.8 Å². The number of hydrogen-bond donors (Lipinski definition) is 1. The third-order valence-corrected chi connectivity index (χ3v) is 5.04. The van der Waals surface area contributed by atoms with Crippen molar-refractivity contribution in [1.82, 2.24) is 4.90 Å². The van der Waals surface area contributed by atoms with Gasteiger partial charge in [0.25, 0.3) is 5.91 Å². The highest BCUT2D eigenvalue weighted by atomic mass is 16.5. The van der Waals surface area contributed by atoms with Crippen LogP contribution >= 0.6 is 0 Å². The van der Waals surface area contributed by atoms with E-state index in [2.05, 4.69) is 13.8 Å². The first-order valence-electron chi connectivity index (χ1n) is 6.79. The van der Waals surface area contributed by atoms with Gasteiger partial charge in [0.2, 0.25) is 5.76 Å². The minimum Gasteiger partial charge on any atom is -0.475 e. The summed E-state index contributed by atoms with van der Waals surface area (Å²) in [5, 5.41) is 8.83. The lowest BCUT2D eigenvalue weighted by Gasteiger charge is -2.61. The summed E-state index contributed by atoms with van der Waals surface area (Å²) in [7, 11) is 3.37. The van der Waals surface area contributed by atoms with Gasteiger partial charge in [0.05, 0.1) is 5.60 Å². The Morgan fingerprint density at radius 2 is 1.90 bits per heavy atom. The van der Waals surface area contributed by atoms with Crippen LogP contribution in [0.25, 0.3) is 0 Å². The molecule has 1 aromatic rings. The van der Waals surface area contributed by atoms with Crippen LogP contribution in [-0.2, 0) is 4.74 Å². The minimum absolute atomic E-state index is 0.00771. The summed E-state index contributed by atoms with van der Waals surface area (Å²) >= 11 is 0. The summed E-state index contributed by atoms with van der Waals surface area (Å²) in [6, 6.07) is 2.69. The number of rotatable bonds is 4. The van der Waals surface area contributed by atoms with Crippen LogP contribution in [0.3, 0.4) is 0 Å². The van der Waals surface area contributed by atoms with Crippen LogP contribution in [0.4, 0.5) is 0 Å². The van der Waals surface area contributed by atoms with E-state index in [0.717, 1.165) is 6.42 Å². The number of ether oxygens (including phenoxy) is 1. The average Bonchev–Trinajstić information content (AvgIpc) is 2.92. The van der Waals surface area contributed by atoms with E-state index in [4.69, 9.17) is 14.3 Å². The summed E-state index contributed by atoms with van der Waals surface area (Å²) in [4.78, 5) is 24.8. The van der Waals surface area contributed by atoms with Gasteiger partial charge in [-0.2, -0.15) is 0 Å². The molecule has 2 rings (SSSR count). The molecular formula is C15H21NO5. The van der Waals surface area contributed by atoms with E-state index in [1.54, 1.807) is 19.1 Å². The number of carboxylic acids is 1. The molecular weight excluding hydrogens is 274 g/mol. The number of carbonyl (C=O) groups excluding carboxylic acids is 1. The van der Waals surface area contributed by atoms with Gasteiger partial charge in [-0.05, 0) is 25.5 Å². The molecule has 0 unspecified atom stereocenters. The quantitative estimate of drug-likeness (QED) is 0.921. The van der Waals surface area contributed by atoms with Crippen LogP contribution in [-0.4, -0.2) is 47.7 Å². The van der Waals surface area contributed by atoms with Crippen molar-refractivity contribution in [3.05, 3.63) is 23.7 Å². The molecule has 6 nitrogen and oxygen atoms in total. The largest absolute Gasteiger partial charge is 0.475 e. The van der Waals surface area contributed by atoms with Crippen molar-refractivity contribution in [3.63, 3.8) is 0 Å². The molecule has 6 heteroatoms. The Labute approximate surface area is 123 Å². The second-order valence-corrected chi connectivity index (χ2v) is 6.26. The Bertz CT molecular complexity index is 576. The lowest BCUT2D eigenvalue weighted by molar-refractivity contribution is -0.198. The van der Waals surface area contributed by atoms with E-state index in [1.807, 2.05) is 6.92 Å². The van der Waals surface area contributed by atoms with Gasteiger partial charge in [0.15, 0.2) is 5.76 Å². The molecule has 1 heterocycles. The molecule has 1 amide bonds. The lowest BCUT2D eigenvalue weighted by Crippen LogP contribution is -2.68. The molecule has 1 fully saturated rings. The second-order valence-electron chi connectivity index (χ2n) is 6.26. The Morgan fingerprint density at radius 3 is 2.33 bits per heavy atom. The van der Waals surface area contributed by atoms with Gasteiger partial charge in [-0.25, -0.2) is 4.79 Å². The summed E-state index contributed by atoms with van der Waals surface area (Å²) in [5.74, 6) is -1.70. The number of amides is 1.